The van der Waals surface area contributed by atoms with Crippen LogP contribution in [-0.2, 0) is 19.0 Å². The second-order valence-electron chi connectivity index (χ2n) is 8.20. The average Bonchev–Trinajstić information content (AvgIpc) is 3.43. The van der Waals surface area contributed by atoms with Crippen LogP contribution in [-0.4, -0.2) is 67.8 Å². The Morgan fingerprint density at radius 1 is 1.27 bits per heavy atom. The van der Waals surface area contributed by atoms with E-state index in [0.717, 1.165) is 0 Å². The number of carbonyl (C=O) groups excluding carboxylic acids is 1. The molecule has 3 aromatic rings. The number of aromatic nitrogens is 4. The minimum Gasteiger partial charge on any atom is -0.484 e. The van der Waals surface area contributed by atoms with Crippen molar-refractivity contribution < 1.29 is 28.8 Å². The molecule has 2 saturated heterocycles. The van der Waals surface area contributed by atoms with E-state index in [-0.39, 0.29) is 30.3 Å². The van der Waals surface area contributed by atoms with Gasteiger partial charge in [-0.1, -0.05) is 18.2 Å². The molecular weight excluding hydrogens is 434 g/mol. The summed E-state index contributed by atoms with van der Waals surface area (Å²) in [6.45, 7) is 3.02. The lowest BCUT2D eigenvalue weighted by molar-refractivity contribution is -0.199. The Hall–Kier alpha value is -3.32. The molecule has 2 aromatic heterocycles. The first kappa shape index (κ1) is 21.5. The quantitative estimate of drug-likeness (QED) is 0.482. The molecule has 2 aliphatic rings. The largest absolute Gasteiger partial charge is 0.484 e. The molecule has 5 rings (SSSR count). The van der Waals surface area contributed by atoms with Gasteiger partial charge in [-0.15, -0.1) is 0 Å². The number of hydrogen-bond acceptors (Lipinski definition) is 9. The van der Waals surface area contributed by atoms with Crippen molar-refractivity contribution in [2.45, 2.75) is 44.2 Å². The number of amides is 1. The molecule has 0 aliphatic carbocycles. The second kappa shape index (κ2) is 8.23. The SMILES string of the molecule is CC1(C)OC2C(CO)OC(n3cnc4c(=O)[nH]c(NC(=O)COc5ccccc5)nc43)C2O1. The van der Waals surface area contributed by atoms with Crippen molar-refractivity contribution in [2.24, 2.45) is 0 Å². The van der Waals surface area contributed by atoms with Crippen molar-refractivity contribution in [2.75, 3.05) is 18.5 Å². The zero-order valence-corrected chi connectivity index (χ0v) is 17.9. The minimum absolute atomic E-state index is 0.0620. The third kappa shape index (κ3) is 4.09. The molecule has 0 bridgehead atoms. The van der Waals surface area contributed by atoms with Gasteiger partial charge in [-0.3, -0.25) is 24.5 Å². The van der Waals surface area contributed by atoms with Crippen LogP contribution >= 0.6 is 0 Å². The Labute approximate surface area is 187 Å². The molecule has 1 amide bonds. The minimum atomic E-state index is -0.857. The fraction of sp³-hybridized carbons (Fsp3) is 0.429. The van der Waals surface area contributed by atoms with E-state index >= 15 is 0 Å². The lowest BCUT2D eigenvalue weighted by Crippen LogP contribution is -2.31. The molecule has 0 radical (unpaired) electrons. The van der Waals surface area contributed by atoms with E-state index in [9.17, 15) is 14.7 Å². The highest BCUT2D eigenvalue weighted by Crippen LogP contribution is 2.43. The van der Waals surface area contributed by atoms with Crippen LogP contribution in [0.3, 0.4) is 0 Å². The van der Waals surface area contributed by atoms with E-state index in [1.807, 2.05) is 6.07 Å². The summed E-state index contributed by atoms with van der Waals surface area (Å²) < 4.78 is 24.8. The molecule has 2 fully saturated rings. The molecule has 3 N–H and O–H groups in total. The zero-order valence-electron chi connectivity index (χ0n) is 17.9. The van der Waals surface area contributed by atoms with Gasteiger partial charge in [-0.05, 0) is 26.0 Å². The van der Waals surface area contributed by atoms with Gasteiger partial charge in [0.2, 0.25) is 5.95 Å². The van der Waals surface area contributed by atoms with Gasteiger partial charge in [0.25, 0.3) is 11.5 Å². The number of para-hydroxylation sites is 1. The van der Waals surface area contributed by atoms with E-state index in [0.29, 0.717) is 5.75 Å². The normalized spacial score (nSPS) is 25.8. The molecular formula is C21H23N5O7. The number of nitrogens with one attached hydrogen (secondary N) is 2. The zero-order chi connectivity index (χ0) is 23.2. The van der Waals surface area contributed by atoms with Crippen molar-refractivity contribution in [1.29, 1.82) is 0 Å². The number of imidazole rings is 1. The molecule has 4 heterocycles. The van der Waals surface area contributed by atoms with Crippen molar-refractivity contribution in [3.8, 4) is 5.75 Å². The van der Waals surface area contributed by atoms with E-state index < -0.39 is 41.8 Å². The van der Waals surface area contributed by atoms with Gasteiger partial charge < -0.3 is 24.1 Å². The van der Waals surface area contributed by atoms with Gasteiger partial charge in [-0.25, -0.2) is 4.98 Å². The maximum absolute atomic E-state index is 12.5. The van der Waals surface area contributed by atoms with Gasteiger partial charge >= 0.3 is 0 Å². The Morgan fingerprint density at radius 3 is 2.79 bits per heavy atom. The van der Waals surface area contributed by atoms with Crippen LogP contribution in [0.5, 0.6) is 5.75 Å². The lowest BCUT2D eigenvalue weighted by atomic mass is 10.1. The maximum Gasteiger partial charge on any atom is 0.280 e. The number of anilines is 1. The maximum atomic E-state index is 12.5. The van der Waals surface area contributed by atoms with Crippen molar-refractivity contribution >= 4 is 23.0 Å². The van der Waals surface area contributed by atoms with Crippen LogP contribution in [0.1, 0.15) is 20.1 Å². The number of rotatable bonds is 6. The van der Waals surface area contributed by atoms with Gasteiger partial charge in [0.05, 0.1) is 12.9 Å². The number of aromatic amines is 1. The van der Waals surface area contributed by atoms with E-state index in [1.165, 1.54) is 6.33 Å². The van der Waals surface area contributed by atoms with Crippen LogP contribution in [0.2, 0.25) is 0 Å². The summed E-state index contributed by atoms with van der Waals surface area (Å²) in [5.41, 5.74) is -0.275. The monoisotopic (exact) mass is 457 g/mol. The summed E-state index contributed by atoms with van der Waals surface area (Å²) in [7, 11) is 0. The summed E-state index contributed by atoms with van der Waals surface area (Å²) in [6, 6.07) is 8.87. The molecule has 174 valence electrons. The lowest BCUT2D eigenvalue weighted by Gasteiger charge is -2.24. The van der Waals surface area contributed by atoms with Crippen LogP contribution in [0, 0.1) is 0 Å². The molecule has 33 heavy (non-hydrogen) atoms. The molecule has 4 atom stereocenters. The first-order valence-corrected chi connectivity index (χ1v) is 10.4. The molecule has 12 heteroatoms. The number of carbonyl (C=O) groups is 1. The highest BCUT2D eigenvalue weighted by Gasteiger charge is 2.56. The van der Waals surface area contributed by atoms with Crippen LogP contribution in [0.4, 0.5) is 5.95 Å². The topological polar surface area (TPSA) is 150 Å². The van der Waals surface area contributed by atoms with Crippen LogP contribution < -0.4 is 15.6 Å². The van der Waals surface area contributed by atoms with E-state index in [4.69, 9.17) is 18.9 Å². The molecule has 4 unspecified atom stereocenters. The smallest absolute Gasteiger partial charge is 0.280 e. The summed E-state index contributed by atoms with van der Waals surface area (Å²) >= 11 is 0. The molecule has 12 nitrogen and oxygen atoms in total. The van der Waals surface area contributed by atoms with E-state index in [1.54, 1.807) is 42.7 Å². The van der Waals surface area contributed by atoms with Crippen molar-refractivity contribution in [3.63, 3.8) is 0 Å². The number of aliphatic hydroxyl groups is 1. The van der Waals surface area contributed by atoms with Crippen LogP contribution in [0.15, 0.2) is 41.5 Å². The van der Waals surface area contributed by atoms with Gasteiger partial charge in [0.1, 0.15) is 24.1 Å². The number of nitrogens with zero attached hydrogens (tertiary/aromatic N) is 3. The first-order chi connectivity index (χ1) is 15.8. The fourth-order valence-corrected chi connectivity index (χ4v) is 4.04. The summed E-state index contributed by atoms with van der Waals surface area (Å²) in [6.07, 6.45) is -0.988. The standard InChI is InChI=1S/C21H23N5O7/c1-21(2)32-15-12(8-27)31-19(16(15)33-21)26-10-22-14-17(26)24-20(25-18(14)29)23-13(28)9-30-11-6-4-3-5-7-11/h3-7,10,12,15-16,19,27H,8-9H2,1-2H3,(H2,23,24,25,28,29). The summed E-state index contributed by atoms with van der Waals surface area (Å²) in [4.78, 5) is 35.8. The van der Waals surface area contributed by atoms with Gasteiger partial charge in [-0.2, -0.15) is 4.98 Å². The molecule has 1 aromatic carbocycles. The highest BCUT2D eigenvalue weighted by atomic mass is 16.8. The predicted molar refractivity (Wildman–Crippen MR) is 114 cm³/mol. The number of fused-ring (bicyclic) bond motifs is 2. The molecule has 0 spiro atoms. The number of H-pyrrole nitrogens is 1. The van der Waals surface area contributed by atoms with Crippen molar-refractivity contribution in [1.82, 2.24) is 19.5 Å². The Balaban J connectivity index is 1.39. The Morgan fingerprint density at radius 2 is 2.03 bits per heavy atom. The first-order valence-electron chi connectivity index (χ1n) is 10.4. The summed E-state index contributed by atoms with van der Waals surface area (Å²) in [5.74, 6) is -0.882. The number of ether oxygens (including phenoxy) is 4. The highest BCUT2D eigenvalue weighted by molar-refractivity contribution is 5.90. The third-order valence-corrected chi connectivity index (χ3v) is 5.38. The third-order valence-electron chi connectivity index (χ3n) is 5.38. The number of benzene rings is 1. The number of hydrogen-bond donors (Lipinski definition) is 3. The predicted octanol–water partition coefficient (Wildman–Crippen LogP) is 0.547. The summed E-state index contributed by atoms with van der Waals surface area (Å²) in [5, 5.41) is 12.2. The second-order valence-corrected chi connectivity index (χ2v) is 8.20. The van der Waals surface area contributed by atoms with Gasteiger partial charge in [0.15, 0.2) is 29.8 Å². The Kier molecular flexibility index (Phi) is 5.37. The number of aliphatic hydroxyl groups excluding tert-OH is 1. The Bertz CT molecular complexity index is 1220. The van der Waals surface area contributed by atoms with Crippen molar-refractivity contribution in [3.05, 3.63) is 47.0 Å². The van der Waals surface area contributed by atoms with Gasteiger partial charge in [0, 0.05) is 0 Å². The average molecular weight is 457 g/mol. The molecule has 2 aliphatic heterocycles. The van der Waals surface area contributed by atoms with Crippen LogP contribution in [0.25, 0.3) is 11.2 Å². The van der Waals surface area contributed by atoms with E-state index in [2.05, 4.69) is 20.3 Å². The fourth-order valence-electron chi connectivity index (χ4n) is 4.04. The molecule has 0 saturated carbocycles.